The van der Waals surface area contributed by atoms with Crippen LogP contribution in [-0.4, -0.2) is 58.4 Å². The molecule has 0 bridgehead atoms. The van der Waals surface area contributed by atoms with Crippen LogP contribution in [0.4, 0.5) is 27.8 Å². The molecule has 2 saturated heterocycles. The lowest BCUT2D eigenvalue weighted by molar-refractivity contribution is -0.140. The molecule has 36 heavy (non-hydrogen) atoms. The Balaban J connectivity index is 1.54. The number of aromatic hydroxyl groups is 1. The molecule has 1 aliphatic carbocycles. The quantitative estimate of drug-likeness (QED) is 0.510. The Labute approximate surface area is 202 Å². The summed E-state index contributed by atoms with van der Waals surface area (Å²) >= 11 is 0. The number of halogens is 5. The Bertz CT molecular complexity index is 1330. The molecule has 0 unspecified atom stereocenters. The second-order valence-corrected chi connectivity index (χ2v) is 9.57. The molecule has 3 aromatic rings. The highest BCUT2D eigenvalue weighted by Crippen LogP contribution is 2.47. The van der Waals surface area contributed by atoms with Gasteiger partial charge in [-0.2, -0.15) is 18.3 Å². The van der Waals surface area contributed by atoms with E-state index in [0.29, 0.717) is 68.6 Å². The molecule has 2 aromatic heterocycles. The normalized spacial score (nSPS) is 20.4. The lowest BCUT2D eigenvalue weighted by Gasteiger charge is -2.37. The van der Waals surface area contributed by atoms with Crippen LogP contribution in [0.25, 0.3) is 22.2 Å². The van der Waals surface area contributed by atoms with E-state index in [-0.39, 0.29) is 17.3 Å². The van der Waals surface area contributed by atoms with E-state index in [2.05, 4.69) is 15.0 Å². The van der Waals surface area contributed by atoms with E-state index in [0.717, 1.165) is 12.8 Å². The van der Waals surface area contributed by atoms with Crippen LogP contribution in [0, 0.1) is 11.6 Å². The van der Waals surface area contributed by atoms with Crippen LogP contribution in [0.2, 0.25) is 0 Å². The first-order valence-electron chi connectivity index (χ1n) is 11.8. The molecule has 0 amide bonds. The molecule has 12 heteroatoms. The number of hydrogen-bond donors (Lipinski definition) is 1. The summed E-state index contributed by atoms with van der Waals surface area (Å²) in [7, 11) is 0. The summed E-state index contributed by atoms with van der Waals surface area (Å²) in [6, 6.07) is 2.04. The Kier molecular flexibility index (Phi) is 5.38. The summed E-state index contributed by atoms with van der Waals surface area (Å²) < 4.78 is 82.3. The summed E-state index contributed by atoms with van der Waals surface area (Å²) in [4.78, 5) is 6.75. The molecule has 192 valence electrons. The second-order valence-electron chi connectivity index (χ2n) is 9.57. The van der Waals surface area contributed by atoms with Crippen molar-refractivity contribution in [3.63, 3.8) is 0 Å². The number of phenols is 1. The zero-order valence-corrected chi connectivity index (χ0v) is 19.1. The molecule has 4 heterocycles. The van der Waals surface area contributed by atoms with Gasteiger partial charge in [0.05, 0.1) is 35.9 Å². The number of nitrogens with zero attached hydrogens (tertiary/aromatic N) is 4. The molecule has 1 spiro atoms. The first kappa shape index (κ1) is 23.4. The molecule has 3 fully saturated rings. The fraction of sp³-hybridized carbons (Fsp3) is 0.500. The van der Waals surface area contributed by atoms with Crippen LogP contribution in [0.1, 0.15) is 37.3 Å². The van der Waals surface area contributed by atoms with Gasteiger partial charge in [0.15, 0.2) is 17.4 Å². The van der Waals surface area contributed by atoms with Gasteiger partial charge in [0.2, 0.25) is 0 Å². The van der Waals surface area contributed by atoms with Crippen molar-refractivity contribution < 1.29 is 36.5 Å². The molecule has 1 saturated carbocycles. The second kappa shape index (κ2) is 8.27. The third kappa shape index (κ3) is 3.69. The molecule has 0 radical (unpaired) electrons. The average Bonchev–Trinajstić information content (AvgIpc) is 3.52. The zero-order chi connectivity index (χ0) is 25.2. The van der Waals surface area contributed by atoms with Gasteiger partial charge >= 0.3 is 6.18 Å². The number of benzene rings is 1. The minimum atomic E-state index is -5.14. The van der Waals surface area contributed by atoms with E-state index in [1.165, 1.54) is 6.20 Å². The van der Waals surface area contributed by atoms with Gasteiger partial charge in [-0.05, 0) is 31.7 Å². The number of rotatable bonds is 3. The highest BCUT2D eigenvalue weighted by atomic mass is 19.4. The van der Waals surface area contributed by atoms with Crippen LogP contribution in [0.5, 0.6) is 5.75 Å². The van der Waals surface area contributed by atoms with E-state index in [4.69, 9.17) is 9.47 Å². The van der Waals surface area contributed by atoms with Gasteiger partial charge in [-0.25, -0.2) is 13.8 Å². The van der Waals surface area contributed by atoms with E-state index in [1.54, 1.807) is 4.68 Å². The van der Waals surface area contributed by atoms with Crippen molar-refractivity contribution in [1.29, 1.82) is 0 Å². The molecule has 1 N–H and O–H groups in total. The van der Waals surface area contributed by atoms with Gasteiger partial charge in [-0.15, -0.1) is 0 Å². The number of ether oxygens (including phenoxy) is 2. The Morgan fingerprint density at radius 1 is 1.03 bits per heavy atom. The van der Waals surface area contributed by atoms with E-state index >= 15 is 4.39 Å². The predicted molar refractivity (Wildman–Crippen MR) is 119 cm³/mol. The number of alkyl halides is 3. The zero-order valence-electron chi connectivity index (χ0n) is 19.1. The monoisotopic (exact) mass is 510 g/mol. The molecule has 6 rings (SSSR count). The van der Waals surface area contributed by atoms with Crippen LogP contribution in [0.3, 0.4) is 0 Å². The number of anilines is 1. The van der Waals surface area contributed by atoms with Crippen molar-refractivity contribution in [2.24, 2.45) is 0 Å². The largest absolute Gasteiger partial charge is 0.503 e. The summed E-state index contributed by atoms with van der Waals surface area (Å²) in [5.74, 6) is -4.57. The average molecular weight is 510 g/mol. The van der Waals surface area contributed by atoms with Crippen molar-refractivity contribution in [3.8, 4) is 17.0 Å². The molecule has 7 nitrogen and oxygen atoms in total. The van der Waals surface area contributed by atoms with Crippen LogP contribution in [0.15, 0.2) is 18.3 Å². The maximum atomic E-state index is 15.0. The third-order valence-electron chi connectivity index (χ3n) is 7.36. The number of fused-ring (bicyclic) bond motifs is 1. The minimum Gasteiger partial charge on any atom is -0.503 e. The number of hydrogen-bond acceptors (Lipinski definition) is 6. The van der Waals surface area contributed by atoms with Crippen LogP contribution < -0.4 is 4.90 Å². The highest BCUT2D eigenvalue weighted by molar-refractivity contribution is 5.94. The Morgan fingerprint density at radius 2 is 1.78 bits per heavy atom. The third-order valence-corrected chi connectivity index (χ3v) is 7.36. The number of pyridine rings is 1. The predicted octanol–water partition coefficient (Wildman–Crippen LogP) is 4.82. The molecule has 0 atom stereocenters. The Morgan fingerprint density at radius 3 is 2.47 bits per heavy atom. The summed E-state index contributed by atoms with van der Waals surface area (Å²) in [6.45, 7) is 2.75. The van der Waals surface area contributed by atoms with E-state index in [9.17, 15) is 22.7 Å². The molecular formula is C24H23F5N4O3. The van der Waals surface area contributed by atoms with Crippen molar-refractivity contribution in [3.05, 3.63) is 35.5 Å². The maximum absolute atomic E-state index is 15.0. The molecule has 2 aliphatic heterocycles. The topological polar surface area (TPSA) is 72.6 Å². The fourth-order valence-corrected chi connectivity index (χ4v) is 5.23. The maximum Gasteiger partial charge on any atom is 0.419 e. The van der Waals surface area contributed by atoms with Gasteiger partial charge in [0.25, 0.3) is 0 Å². The summed E-state index contributed by atoms with van der Waals surface area (Å²) in [6.07, 6.45) is -0.513. The summed E-state index contributed by atoms with van der Waals surface area (Å²) in [5.41, 5.74) is -2.09. The number of morpholine rings is 1. The van der Waals surface area contributed by atoms with Crippen LogP contribution >= 0.6 is 0 Å². The van der Waals surface area contributed by atoms with E-state index in [1.807, 2.05) is 6.07 Å². The van der Waals surface area contributed by atoms with Crippen molar-refractivity contribution in [2.75, 3.05) is 37.9 Å². The lowest BCUT2D eigenvalue weighted by Crippen LogP contribution is -2.48. The fourth-order valence-electron chi connectivity index (χ4n) is 5.23. The first-order valence-corrected chi connectivity index (χ1v) is 11.8. The van der Waals surface area contributed by atoms with Gasteiger partial charge in [0, 0.05) is 43.0 Å². The van der Waals surface area contributed by atoms with Crippen molar-refractivity contribution in [1.82, 2.24) is 14.8 Å². The standard InChI is InChI=1S/C24H23F5N4O3/c25-19-14(9-16(24(27,28)29)20(26)22(19)34)21-15-11-30-18(32-5-8-36-12-23(32)3-4-23)10-17(15)33(31-21)13-1-6-35-7-2-13/h9-11,13,34H,1-8,12H2. The molecular weight excluding hydrogens is 487 g/mol. The SMILES string of the molecule is Oc1c(F)c(-c2nn(C3CCOCC3)c3cc(N4CCOCC45CC5)ncc23)cc(C(F)(F)F)c1F. The Hall–Kier alpha value is -2.99. The molecule has 1 aromatic carbocycles. The number of aromatic nitrogens is 3. The lowest BCUT2D eigenvalue weighted by atomic mass is 10.0. The number of phenolic OH excluding ortho intramolecular Hbond substituents is 1. The van der Waals surface area contributed by atoms with Crippen molar-refractivity contribution in [2.45, 2.75) is 43.4 Å². The van der Waals surface area contributed by atoms with Crippen molar-refractivity contribution >= 4 is 16.7 Å². The van der Waals surface area contributed by atoms with Gasteiger partial charge < -0.3 is 19.5 Å². The summed E-state index contributed by atoms with van der Waals surface area (Å²) in [5, 5.41) is 14.7. The molecule has 3 aliphatic rings. The van der Waals surface area contributed by atoms with E-state index < -0.39 is 34.7 Å². The smallest absolute Gasteiger partial charge is 0.419 e. The van der Waals surface area contributed by atoms with Gasteiger partial charge in [-0.1, -0.05) is 0 Å². The highest BCUT2D eigenvalue weighted by Gasteiger charge is 2.50. The minimum absolute atomic E-state index is 0.109. The van der Waals surface area contributed by atoms with Crippen LogP contribution in [-0.2, 0) is 15.7 Å². The van der Waals surface area contributed by atoms with Gasteiger partial charge in [-0.3, -0.25) is 4.68 Å². The first-order chi connectivity index (χ1) is 17.2. The van der Waals surface area contributed by atoms with Gasteiger partial charge in [0.1, 0.15) is 11.5 Å².